The summed E-state index contributed by atoms with van der Waals surface area (Å²) >= 11 is -0.826. The Labute approximate surface area is 205 Å². The van der Waals surface area contributed by atoms with E-state index in [1.807, 2.05) is 6.92 Å². The summed E-state index contributed by atoms with van der Waals surface area (Å²) in [5.74, 6) is 0. The summed E-state index contributed by atoms with van der Waals surface area (Å²) in [5.41, 5.74) is 2.87. The number of fused-ring (bicyclic) bond motifs is 2. The van der Waals surface area contributed by atoms with Crippen LogP contribution in [-0.4, -0.2) is 10.2 Å². The van der Waals surface area contributed by atoms with Crippen LogP contribution >= 0.6 is 17.0 Å². The quantitative estimate of drug-likeness (QED) is 0.178. The second kappa shape index (κ2) is 19.1. The molecule has 0 spiro atoms. The zero-order valence-electron chi connectivity index (χ0n) is 18.5. The second-order valence-electron chi connectivity index (χ2n) is 6.12. The summed E-state index contributed by atoms with van der Waals surface area (Å²) in [6.07, 6.45) is 2.27. The van der Waals surface area contributed by atoms with Gasteiger partial charge in [0.15, 0.2) is 0 Å². The molecule has 0 N–H and O–H groups in total. The van der Waals surface area contributed by atoms with Gasteiger partial charge in [-0.3, -0.25) is 0 Å². The molecule has 0 amide bonds. The van der Waals surface area contributed by atoms with E-state index in [9.17, 15) is 0 Å². The topological polar surface area (TPSA) is 0 Å². The van der Waals surface area contributed by atoms with E-state index in [1.165, 1.54) is 32.7 Å². The molecule has 0 nitrogen and oxygen atoms in total. The van der Waals surface area contributed by atoms with Crippen LogP contribution in [0, 0.1) is 6.92 Å². The molecule has 3 radical (unpaired) electrons. The van der Waals surface area contributed by atoms with Gasteiger partial charge in [-0.1, -0.05) is 38.9 Å². The molecule has 0 saturated carbocycles. The maximum absolute atomic E-state index is 4.93. The molecule has 0 fully saturated rings. The third-order valence-electron chi connectivity index (χ3n) is 4.17. The van der Waals surface area contributed by atoms with E-state index >= 15 is 0 Å². The Kier molecular flexibility index (Phi) is 18.6. The second-order valence-corrected chi connectivity index (χ2v) is 10.6. The average molecular weight is 535 g/mol. The van der Waals surface area contributed by atoms with Gasteiger partial charge in [0.1, 0.15) is 0 Å². The summed E-state index contributed by atoms with van der Waals surface area (Å²) in [4.78, 5) is 0. The van der Waals surface area contributed by atoms with Crippen molar-refractivity contribution in [2.75, 3.05) is 0 Å². The third kappa shape index (κ3) is 11.1. The fraction of sp³-hybridized carbons (Fsp3) is 0.269. The van der Waals surface area contributed by atoms with Crippen molar-refractivity contribution in [3.8, 4) is 0 Å². The standard InChI is InChI=1S/2C11H11.C2H5Si.C2H5.2ClH.Zr/c2*1-2-9-7-10-5-3-4-6-11(10)8-9;1-2-3;1-2;;;/h2*3-8H,2H2,1H3;2H2,1H3;1H2,2H3;2*1H;/q2*-1;;-1;;;+2/p-2. The molecule has 0 aliphatic rings. The Bertz CT molecular complexity index is 769. The van der Waals surface area contributed by atoms with Gasteiger partial charge in [-0.2, -0.15) is 19.1 Å². The first kappa shape index (κ1) is 29.3. The number of hydrogen-bond acceptors (Lipinski definition) is 0. The Hall–Kier alpha value is -0.660. The zero-order valence-corrected chi connectivity index (χ0v) is 23.5. The van der Waals surface area contributed by atoms with Crippen LogP contribution in [0.2, 0.25) is 6.04 Å². The molecular formula is C26H32Cl2SiZr-3. The minimum atomic E-state index is -0.826. The fourth-order valence-corrected chi connectivity index (χ4v) is 2.84. The van der Waals surface area contributed by atoms with Crippen LogP contribution in [0.4, 0.5) is 0 Å². The van der Waals surface area contributed by atoms with E-state index in [0.717, 1.165) is 18.9 Å². The summed E-state index contributed by atoms with van der Waals surface area (Å²) in [6, 6.07) is 27.1. The Morgan fingerprint density at radius 1 is 0.767 bits per heavy atom. The van der Waals surface area contributed by atoms with E-state index < -0.39 is 20.8 Å². The molecular weight excluding hydrogens is 503 g/mol. The number of rotatable bonds is 2. The van der Waals surface area contributed by atoms with Crippen molar-refractivity contribution in [1.82, 2.24) is 0 Å². The van der Waals surface area contributed by atoms with Gasteiger partial charge in [0.2, 0.25) is 0 Å². The van der Waals surface area contributed by atoms with Crippen LogP contribution in [0.15, 0.2) is 72.8 Å². The molecule has 0 aliphatic carbocycles. The monoisotopic (exact) mass is 532 g/mol. The summed E-state index contributed by atoms with van der Waals surface area (Å²) in [6.45, 7) is 11.4. The molecule has 0 atom stereocenters. The predicted octanol–water partition coefficient (Wildman–Crippen LogP) is 9.05. The van der Waals surface area contributed by atoms with Crippen molar-refractivity contribution in [3.05, 3.63) is 90.8 Å². The molecule has 4 rings (SSSR count). The van der Waals surface area contributed by atoms with Gasteiger partial charge in [0, 0.05) is 10.2 Å². The molecule has 161 valence electrons. The van der Waals surface area contributed by atoms with E-state index in [-0.39, 0.29) is 0 Å². The summed E-state index contributed by atoms with van der Waals surface area (Å²) < 4.78 is 0. The van der Waals surface area contributed by atoms with Crippen LogP contribution in [0.5, 0.6) is 0 Å². The van der Waals surface area contributed by atoms with Crippen LogP contribution < -0.4 is 0 Å². The Morgan fingerprint density at radius 2 is 1.07 bits per heavy atom. The molecule has 0 saturated heterocycles. The molecule has 4 heteroatoms. The van der Waals surface area contributed by atoms with Crippen LogP contribution in [0.3, 0.4) is 0 Å². The average Bonchev–Trinajstić information content (AvgIpc) is 3.40. The molecule has 4 aromatic rings. The first-order chi connectivity index (χ1) is 14.6. The molecule has 0 aromatic heterocycles. The van der Waals surface area contributed by atoms with E-state index in [1.54, 1.807) is 6.92 Å². The van der Waals surface area contributed by atoms with Crippen molar-refractivity contribution in [1.29, 1.82) is 0 Å². The zero-order chi connectivity index (χ0) is 22.8. The first-order valence-electron chi connectivity index (χ1n) is 10.2. The van der Waals surface area contributed by atoms with Gasteiger partial charge in [0.05, 0.1) is 0 Å². The molecule has 0 unspecified atom stereocenters. The van der Waals surface area contributed by atoms with Crippen molar-refractivity contribution >= 4 is 48.8 Å². The van der Waals surface area contributed by atoms with Crippen LogP contribution in [0.25, 0.3) is 21.5 Å². The van der Waals surface area contributed by atoms with E-state index in [4.69, 9.17) is 17.0 Å². The van der Waals surface area contributed by atoms with Crippen LogP contribution in [-0.2, 0) is 33.7 Å². The molecule has 30 heavy (non-hydrogen) atoms. The van der Waals surface area contributed by atoms with Gasteiger partial charge in [-0.15, -0.1) is 81.2 Å². The van der Waals surface area contributed by atoms with Gasteiger partial charge in [-0.05, 0) is 12.8 Å². The molecule has 0 aliphatic heterocycles. The van der Waals surface area contributed by atoms with Crippen LogP contribution in [0.1, 0.15) is 38.8 Å². The van der Waals surface area contributed by atoms with Gasteiger partial charge < -0.3 is 6.92 Å². The third-order valence-corrected chi connectivity index (χ3v) is 4.17. The molecule has 4 aromatic carbocycles. The van der Waals surface area contributed by atoms with E-state index in [0.29, 0.717) is 0 Å². The van der Waals surface area contributed by atoms with Crippen molar-refractivity contribution in [3.63, 3.8) is 0 Å². The summed E-state index contributed by atoms with van der Waals surface area (Å²) in [5, 5.41) is 5.46. The molecule has 0 heterocycles. The normalized spacial score (nSPS) is 9.07. The van der Waals surface area contributed by atoms with Gasteiger partial charge in [-0.25, -0.2) is 0 Å². The van der Waals surface area contributed by atoms with Crippen molar-refractivity contribution in [2.24, 2.45) is 0 Å². The number of halogens is 2. The number of benzene rings is 2. The number of aryl methyl sites for hydroxylation is 2. The Balaban J connectivity index is 0.000000420. The van der Waals surface area contributed by atoms with Crippen molar-refractivity contribution in [2.45, 2.75) is 46.6 Å². The fourth-order valence-electron chi connectivity index (χ4n) is 2.84. The van der Waals surface area contributed by atoms with E-state index in [2.05, 4.69) is 104 Å². The SMILES string of the molecule is CC[Si].CCc1cc2ccccc2[cH-]1.CCc1cc2ccccc2[cH-]1.[CH2-]C.[Cl][Zr][Cl]. The predicted molar refractivity (Wildman–Crippen MR) is 137 cm³/mol. The summed E-state index contributed by atoms with van der Waals surface area (Å²) in [7, 11) is 13.1. The first-order valence-corrected chi connectivity index (χ1v) is 17.3. The number of hydrogen-bond donors (Lipinski definition) is 0. The minimum absolute atomic E-state index is 0.826. The maximum atomic E-state index is 4.93. The molecule has 0 bridgehead atoms. The van der Waals surface area contributed by atoms with Gasteiger partial charge >= 0.3 is 37.9 Å². The Morgan fingerprint density at radius 3 is 1.33 bits per heavy atom. The van der Waals surface area contributed by atoms with Crippen molar-refractivity contribution < 1.29 is 20.8 Å². The van der Waals surface area contributed by atoms with Gasteiger partial charge in [0.25, 0.3) is 0 Å².